The van der Waals surface area contributed by atoms with Gasteiger partial charge in [0.1, 0.15) is 0 Å². The number of likely N-dealkylation sites (tertiary alicyclic amines) is 1. The van der Waals surface area contributed by atoms with E-state index in [0.717, 1.165) is 25.9 Å². The van der Waals surface area contributed by atoms with Crippen LogP contribution >= 0.6 is 0 Å². The third-order valence-electron chi connectivity index (χ3n) is 3.41. The van der Waals surface area contributed by atoms with Gasteiger partial charge in [-0.3, -0.25) is 14.9 Å². The molecule has 1 heterocycles. The Bertz CT molecular complexity index is 329. The first-order valence-electron chi connectivity index (χ1n) is 7.63. The second kappa shape index (κ2) is 7.62. The summed E-state index contributed by atoms with van der Waals surface area (Å²) in [6.07, 6.45) is 4.60. The molecule has 1 atom stereocenters. The summed E-state index contributed by atoms with van der Waals surface area (Å²) in [4.78, 5) is 25.9. The van der Waals surface area contributed by atoms with Crippen LogP contribution in [0.4, 0.5) is 0 Å². The Balaban J connectivity index is 2.34. The van der Waals surface area contributed by atoms with E-state index in [-0.39, 0.29) is 29.9 Å². The third kappa shape index (κ3) is 6.37. The highest BCUT2D eigenvalue weighted by molar-refractivity contribution is 5.83. The molecule has 1 unspecified atom stereocenters. The summed E-state index contributed by atoms with van der Waals surface area (Å²) < 4.78 is 0. The molecule has 5 nitrogen and oxygen atoms in total. The fourth-order valence-electron chi connectivity index (χ4n) is 2.24. The number of hydrogen-bond donors (Lipinski definition) is 2. The lowest BCUT2D eigenvalue weighted by atomic mass is 10.1. The molecule has 1 saturated heterocycles. The Morgan fingerprint density at radius 1 is 1.10 bits per heavy atom. The minimum atomic E-state index is -0.356. The van der Waals surface area contributed by atoms with Crippen molar-refractivity contribution in [3.8, 4) is 0 Å². The standard InChI is InChI=1S/C15H29N3O2/c1-12(14(20)17-15(2,3)4)16-11-13(19)18-9-7-5-6-8-10-18/h12,16H,5-11H2,1-4H3,(H,17,20). The van der Waals surface area contributed by atoms with Gasteiger partial charge >= 0.3 is 0 Å². The van der Waals surface area contributed by atoms with Gasteiger partial charge in [-0.15, -0.1) is 0 Å². The van der Waals surface area contributed by atoms with Crippen molar-refractivity contribution in [3.63, 3.8) is 0 Å². The number of hydrogen-bond acceptors (Lipinski definition) is 3. The second-order valence-electron chi connectivity index (χ2n) is 6.64. The van der Waals surface area contributed by atoms with E-state index in [1.807, 2.05) is 25.7 Å². The summed E-state index contributed by atoms with van der Waals surface area (Å²) in [6.45, 7) is 9.56. The van der Waals surface area contributed by atoms with Crippen molar-refractivity contribution < 1.29 is 9.59 Å². The average Bonchev–Trinajstić information content (AvgIpc) is 2.62. The van der Waals surface area contributed by atoms with Crippen molar-refractivity contribution in [1.82, 2.24) is 15.5 Å². The fraction of sp³-hybridized carbons (Fsp3) is 0.867. The van der Waals surface area contributed by atoms with E-state index in [9.17, 15) is 9.59 Å². The Labute approximate surface area is 122 Å². The molecule has 0 aliphatic carbocycles. The lowest BCUT2D eigenvalue weighted by Gasteiger charge is -2.25. The Morgan fingerprint density at radius 2 is 1.65 bits per heavy atom. The van der Waals surface area contributed by atoms with Gasteiger partial charge in [0, 0.05) is 18.6 Å². The summed E-state index contributed by atoms with van der Waals surface area (Å²) in [7, 11) is 0. The molecule has 1 fully saturated rings. The second-order valence-corrected chi connectivity index (χ2v) is 6.64. The van der Waals surface area contributed by atoms with Gasteiger partial charge in [-0.25, -0.2) is 0 Å². The van der Waals surface area contributed by atoms with Gasteiger partial charge in [0.2, 0.25) is 11.8 Å². The van der Waals surface area contributed by atoms with Crippen LogP contribution in [0, 0.1) is 0 Å². The molecule has 0 spiro atoms. The highest BCUT2D eigenvalue weighted by atomic mass is 16.2. The first kappa shape index (κ1) is 17.0. The van der Waals surface area contributed by atoms with Gasteiger partial charge in [0.15, 0.2) is 0 Å². The molecule has 5 heteroatoms. The van der Waals surface area contributed by atoms with Gasteiger partial charge in [0.25, 0.3) is 0 Å². The van der Waals surface area contributed by atoms with Crippen molar-refractivity contribution in [2.24, 2.45) is 0 Å². The van der Waals surface area contributed by atoms with Gasteiger partial charge in [0.05, 0.1) is 12.6 Å². The number of carbonyl (C=O) groups excluding carboxylic acids is 2. The molecular formula is C15H29N3O2. The van der Waals surface area contributed by atoms with Crippen LogP contribution in [0.3, 0.4) is 0 Å². The van der Waals surface area contributed by atoms with Crippen molar-refractivity contribution in [3.05, 3.63) is 0 Å². The minimum Gasteiger partial charge on any atom is -0.350 e. The minimum absolute atomic E-state index is 0.0684. The lowest BCUT2D eigenvalue weighted by Crippen LogP contribution is -2.51. The molecule has 0 saturated carbocycles. The average molecular weight is 283 g/mol. The predicted octanol–water partition coefficient (Wildman–Crippen LogP) is 1.28. The number of nitrogens with zero attached hydrogens (tertiary/aromatic N) is 1. The summed E-state index contributed by atoms with van der Waals surface area (Å²) in [5.41, 5.74) is -0.248. The Morgan fingerprint density at radius 3 is 2.15 bits per heavy atom. The molecule has 0 aromatic rings. The molecule has 1 aliphatic rings. The lowest BCUT2D eigenvalue weighted by molar-refractivity contribution is -0.130. The summed E-state index contributed by atoms with van der Waals surface area (Å²) in [5, 5.41) is 5.93. The largest absolute Gasteiger partial charge is 0.350 e. The van der Waals surface area contributed by atoms with E-state index in [4.69, 9.17) is 0 Å². The molecule has 2 amide bonds. The third-order valence-corrected chi connectivity index (χ3v) is 3.41. The summed E-state index contributed by atoms with van der Waals surface area (Å²) in [5.74, 6) is 0.0310. The number of carbonyl (C=O) groups is 2. The van der Waals surface area contributed by atoms with Crippen LogP contribution in [0.2, 0.25) is 0 Å². The molecule has 1 aliphatic heterocycles. The molecule has 20 heavy (non-hydrogen) atoms. The molecule has 1 rings (SSSR count). The van der Waals surface area contributed by atoms with E-state index < -0.39 is 0 Å². The SMILES string of the molecule is CC(NCC(=O)N1CCCCCC1)C(=O)NC(C)(C)C. The first-order chi connectivity index (χ1) is 9.29. The van der Waals surface area contributed by atoms with Crippen molar-refractivity contribution in [2.75, 3.05) is 19.6 Å². The number of amides is 2. The van der Waals surface area contributed by atoms with Crippen LogP contribution in [0.15, 0.2) is 0 Å². The van der Waals surface area contributed by atoms with Gasteiger partial charge in [-0.05, 0) is 40.5 Å². The van der Waals surface area contributed by atoms with E-state index in [1.54, 1.807) is 6.92 Å². The zero-order chi connectivity index (χ0) is 15.2. The highest BCUT2D eigenvalue weighted by Gasteiger charge is 2.21. The monoisotopic (exact) mass is 283 g/mol. The normalized spacial score (nSPS) is 18.3. The molecule has 0 aromatic heterocycles. The van der Waals surface area contributed by atoms with Crippen LogP contribution in [0.5, 0.6) is 0 Å². The van der Waals surface area contributed by atoms with E-state index in [0.29, 0.717) is 0 Å². The van der Waals surface area contributed by atoms with E-state index in [2.05, 4.69) is 10.6 Å². The van der Waals surface area contributed by atoms with Crippen LogP contribution in [0.1, 0.15) is 53.4 Å². The summed E-state index contributed by atoms with van der Waals surface area (Å²) in [6, 6.07) is -0.356. The predicted molar refractivity (Wildman–Crippen MR) is 80.4 cm³/mol. The van der Waals surface area contributed by atoms with Crippen molar-refractivity contribution in [1.29, 1.82) is 0 Å². The van der Waals surface area contributed by atoms with Gasteiger partial charge < -0.3 is 10.2 Å². The molecule has 0 radical (unpaired) electrons. The molecular weight excluding hydrogens is 254 g/mol. The van der Waals surface area contributed by atoms with Crippen molar-refractivity contribution >= 4 is 11.8 Å². The van der Waals surface area contributed by atoms with Crippen LogP contribution in [-0.2, 0) is 9.59 Å². The zero-order valence-electron chi connectivity index (χ0n) is 13.3. The Hall–Kier alpha value is -1.10. The van der Waals surface area contributed by atoms with Gasteiger partial charge in [-0.1, -0.05) is 12.8 Å². The smallest absolute Gasteiger partial charge is 0.237 e. The maximum atomic E-state index is 12.1. The molecule has 0 bridgehead atoms. The number of rotatable bonds is 4. The zero-order valence-corrected chi connectivity index (χ0v) is 13.3. The van der Waals surface area contributed by atoms with E-state index >= 15 is 0 Å². The van der Waals surface area contributed by atoms with Crippen LogP contribution in [0.25, 0.3) is 0 Å². The quantitative estimate of drug-likeness (QED) is 0.817. The first-order valence-corrected chi connectivity index (χ1v) is 7.63. The van der Waals surface area contributed by atoms with Crippen molar-refractivity contribution in [2.45, 2.75) is 65.0 Å². The number of nitrogens with one attached hydrogen (secondary N) is 2. The fourth-order valence-corrected chi connectivity index (χ4v) is 2.24. The summed E-state index contributed by atoms with van der Waals surface area (Å²) >= 11 is 0. The molecule has 116 valence electrons. The van der Waals surface area contributed by atoms with Gasteiger partial charge in [-0.2, -0.15) is 0 Å². The maximum Gasteiger partial charge on any atom is 0.237 e. The topological polar surface area (TPSA) is 61.4 Å². The Kier molecular flexibility index (Phi) is 6.46. The van der Waals surface area contributed by atoms with Crippen LogP contribution in [-0.4, -0.2) is 47.9 Å². The maximum absolute atomic E-state index is 12.1. The highest BCUT2D eigenvalue weighted by Crippen LogP contribution is 2.09. The van der Waals surface area contributed by atoms with Crippen LogP contribution < -0.4 is 10.6 Å². The molecule has 2 N–H and O–H groups in total. The van der Waals surface area contributed by atoms with E-state index in [1.165, 1.54) is 12.8 Å². The molecule has 0 aromatic carbocycles.